The third kappa shape index (κ3) is 4.24. The number of halogens is 1. The Bertz CT molecular complexity index is 930. The average molecular weight is 394 g/mol. The van der Waals surface area contributed by atoms with Gasteiger partial charge in [-0.2, -0.15) is 0 Å². The van der Waals surface area contributed by atoms with Crippen LogP contribution in [0.15, 0.2) is 27.4 Å². The zero-order chi connectivity index (χ0) is 19.6. The number of aryl methyl sites for hydroxylation is 1. The summed E-state index contributed by atoms with van der Waals surface area (Å²) < 4.78 is 15.5. The van der Waals surface area contributed by atoms with Gasteiger partial charge in [-0.15, -0.1) is 0 Å². The molecule has 0 unspecified atom stereocenters. The predicted octanol–water partition coefficient (Wildman–Crippen LogP) is 2.55. The smallest absolute Gasteiger partial charge is 0.336 e. The van der Waals surface area contributed by atoms with E-state index >= 15 is 0 Å². The first-order valence-corrected chi connectivity index (χ1v) is 8.99. The molecule has 0 atom stereocenters. The maximum absolute atomic E-state index is 12.4. The topological polar surface area (TPSA) is 86.1 Å². The molecule has 7 nitrogen and oxygen atoms in total. The van der Waals surface area contributed by atoms with Gasteiger partial charge in [0.1, 0.15) is 11.3 Å². The van der Waals surface area contributed by atoms with Crippen LogP contribution in [0.3, 0.4) is 0 Å². The number of esters is 1. The summed E-state index contributed by atoms with van der Waals surface area (Å²) in [7, 11) is 1.37. The van der Waals surface area contributed by atoms with E-state index in [1.807, 2.05) is 0 Å². The largest absolute Gasteiger partial charge is 0.482 e. The lowest BCUT2D eigenvalue weighted by Gasteiger charge is -2.30. The highest BCUT2D eigenvalue weighted by Crippen LogP contribution is 2.31. The van der Waals surface area contributed by atoms with Crippen molar-refractivity contribution in [2.24, 2.45) is 5.92 Å². The minimum atomic E-state index is -0.460. The van der Waals surface area contributed by atoms with E-state index in [1.165, 1.54) is 19.2 Å². The number of hydrogen-bond acceptors (Lipinski definition) is 6. The van der Waals surface area contributed by atoms with Gasteiger partial charge < -0.3 is 18.8 Å². The Morgan fingerprint density at radius 2 is 1.96 bits per heavy atom. The van der Waals surface area contributed by atoms with Crippen LogP contribution in [0.1, 0.15) is 18.4 Å². The van der Waals surface area contributed by atoms with E-state index in [9.17, 15) is 14.4 Å². The highest BCUT2D eigenvalue weighted by atomic mass is 35.5. The first-order valence-electron chi connectivity index (χ1n) is 8.61. The van der Waals surface area contributed by atoms with Gasteiger partial charge in [0.05, 0.1) is 18.1 Å². The summed E-state index contributed by atoms with van der Waals surface area (Å²) in [5, 5.41) is 1.04. The SMILES string of the molecule is COC(=O)C1CCN(C(=O)COc2cc3oc(=O)cc(C)c3cc2Cl)CC1. The van der Waals surface area contributed by atoms with Crippen molar-refractivity contribution in [2.75, 3.05) is 26.8 Å². The molecule has 1 aromatic carbocycles. The third-order valence-electron chi connectivity index (χ3n) is 4.74. The zero-order valence-corrected chi connectivity index (χ0v) is 15.9. The van der Waals surface area contributed by atoms with Crippen molar-refractivity contribution < 1.29 is 23.5 Å². The second kappa shape index (κ2) is 8.00. The fraction of sp³-hybridized carbons (Fsp3) is 0.421. The highest BCUT2D eigenvalue weighted by Gasteiger charge is 2.28. The minimum absolute atomic E-state index is 0.166. The second-order valence-electron chi connectivity index (χ2n) is 6.49. The van der Waals surface area contributed by atoms with E-state index < -0.39 is 5.63 Å². The lowest BCUT2D eigenvalue weighted by Crippen LogP contribution is -2.42. The molecule has 1 aliphatic rings. The highest BCUT2D eigenvalue weighted by molar-refractivity contribution is 6.32. The van der Waals surface area contributed by atoms with Crippen LogP contribution in [0.25, 0.3) is 11.0 Å². The molecule has 8 heteroatoms. The number of likely N-dealkylation sites (tertiary alicyclic amines) is 1. The molecule has 0 N–H and O–H groups in total. The average Bonchev–Trinajstić information content (AvgIpc) is 2.66. The molecule has 27 heavy (non-hydrogen) atoms. The van der Waals surface area contributed by atoms with Crippen LogP contribution in [-0.4, -0.2) is 43.6 Å². The quantitative estimate of drug-likeness (QED) is 0.586. The van der Waals surface area contributed by atoms with Crippen molar-refractivity contribution in [3.8, 4) is 5.75 Å². The number of benzene rings is 1. The van der Waals surface area contributed by atoms with Gasteiger partial charge in [0.15, 0.2) is 6.61 Å². The second-order valence-corrected chi connectivity index (χ2v) is 6.90. The fourth-order valence-electron chi connectivity index (χ4n) is 3.19. The maximum Gasteiger partial charge on any atom is 0.336 e. The van der Waals surface area contributed by atoms with E-state index in [1.54, 1.807) is 17.9 Å². The zero-order valence-electron chi connectivity index (χ0n) is 15.1. The third-order valence-corrected chi connectivity index (χ3v) is 5.03. The van der Waals surface area contributed by atoms with Gasteiger partial charge in [-0.05, 0) is 31.4 Å². The summed E-state index contributed by atoms with van der Waals surface area (Å²) in [6.07, 6.45) is 1.14. The van der Waals surface area contributed by atoms with Crippen LogP contribution in [0.4, 0.5) is 0 Å². The molecule has 2 heterocycles. The molecule has 1 saturated heterocycles. The molecule has 1 fully saturated rings. The van der Waals surface area contributed by atoms with E-state index in [2.05, 4.69) is 0 Å². The van der Waals surface area contributed by atoms with Crippen molar-refractivity contribution in [2.45, 2.75) is 19.8 Å². The Hall–Kier alpha value is -2.54. The van der Waals surface area contributed by atoms with Gasteiger partial charge in [-0.3, -0.25) is 9.59 Å². The Labute approximate surface area is 160 Å². The lowest BCUT2D eigenvalue weighted by atomic mass is 9.97. The van der Waals surface area contributed by atoms with Gasteiger partial charge in [-0.1, -0.05) is 11.6 Å². The standard InChI is InChI=1S/C19H20ClNO6/c1-11-7-18(23)27-15-9-16(14(20)8-13(11)15)26-10-17(22)21-5-3-12(4-6-21)19(24)25-2/h7-9,12H,3-6,10H2,1-2H3. The lowest BCUT2D eigenvalue weighted by molar-refractivity contribution is -0.149. The van der Waals surface area contributed by atoms with Crippen molar-refractivity contribution >= 4 is 34.4 Å². The van der Waals surface area contributed by atoms with Crippen LogP contribution < -0.4 is 10.4 Å². The monoisotopic (exact) mass is 393 g/mol. The first-order chi connectivity index (χ1) is 12.9. The number of amides is 1. The Kier molecular flexibility index (Phi) is 5.70. The molecule has 0 aliphatic carbocycles. The molecule has 1 amide bonds. The molecule has 0 saturated carbocycles. The molecular formula is C19H20ClNO6. The summed E-state index contributed by atoms with van der Waals surface area (Å²) in [5.41, 5.74) is 0.642. The number of carbonyl (C=O) groups is 2. The molecule has 3 rings (SSSR count). The maximum atomic E-state index is 12.4. The predicted molar refractivity (Wildman–Crippen MR) is 99.0 cm³/mol. The van der Waals surface area contributed by atoms with Gasteiger partial charge in [0.2, 0.25) is 0 Å². The molecule has 1 aromatic heterocycles. The molecule has 144 valence electrons. The van der Waals surface area contributed by atoms with Gasteiger partial charge in [-0.25, -0.2) is 4.79 Å². The number of rotatable bonds is 4. The van der Waals surface area contributed by atoms with E-state index in [-0.39, 0.29) is 30.2 Å². The van der Waals surface area contributed by atoms with Gasteiger partial charge in [0, 0.05) is 30.6 Å². The summed E-state index contributed by atoms with van der Waals surface area (Å²) in [4.78, 5) is 37.1. The minimum Gasteiger partial charge on any atom is -0.482 e. The molecular weight excluding hydrogens is 374 g/mol. The summed E-state index contributed by atoms with van der Waals surface area (Å²) >= 11 is 6.23. The fourth-order valence-corrected chi connectivity index (χ4v) is 3.41. The number of fused-ring (bicyclic) bond motifs is 1. The number of nitrogens with zero attached hydrogens (tertiary/aromatic N) is 1. The van der Waals surface area contributed by atoms with Gasteiger partial charge >= 0.3 is 11.6 Å². The van der Waals surface area contributed by atoms with Gasteiger partial charge in [0.25, 0.3) is 5.91 Å². The van der Waals surface area contributed by atoms with Crippen molar-refractivity contribution in [1.82, 2.24) is 4.90 Å². The van der Waals surface area contributed by atoms with E-state index in [4.69, 9.17) is 25.5 Å². The molecule has 1 aliphatic heterocycles. The number of piperidine rings is 1. The number of methoxy groups -OCH3 is 1. The normalized spacial score (nSPS) is 15.0. The molecule has 0 spiro atoms. The Morgan fingerprint density at radius 3 is 2.63 bits per heavy atom. The van der Waals surface area contributed by atoms with Crippen LogP contribution in [-0.2, 0) is 14.3 Å². The van der Waals surface area contributed by atoms with E-state index in [0.717, 1.165) is 5.56 Å². The van der Waals surface area contributed by atoms with Crippen molar-refractivity contribution in [3.63, 3.8) is 0 Å². The number of carbonyl (C=O) groups excluding carboxylic acids is 2. The van der Waals surface area contributed by atoms with Crippen LogP contribution in [0, 0.1) is 12.8 Å². The van der Waals surface area contributed by atoms with E-state index in [0.29, 0.717) is 41.9 Å². The summed E-state index contributed by atoms with van der Waals surface area (Å²) in [5.74, 6) is -0.324. The molecule has 0 radical (unpaired) electrons. The Balaban J connectivity index is 1.65. The Morgan fingerprint density at radius 1 is 1.26 bits per heavy atom. The first kappa shape index (κ1) is 19.2. The molecule has 2 aromatic rings. The summed E-state index contributed by atoms with van der Waals surface area (Å²) in [6.45, 7) is 2.55. The number of ether oxygens (including phenoxy) is 2. The molecule has 0 bridgehead atoms. The van der Waals surface area contributed by atoms with Crippen molar-refractivity contribution in [3.05, 3.63) is 39.2 Å². The summed E-state index contributed by atoms with van der Waals surface area (Å²) in [6, 6.07) is 4.56. The number of hydrogen-bond donors (Lipinski definition) is 0. The van der Waals surface area contributed by atoms with Crippen LogP contribution >= 0.6 is 11.6 Å². The van der Waals surface area contributed by atoms with Crippen LogP contribution in [0.5, 0.6) is 5.75 Å². The van der Waals surface area contributed by atoms with Crippen molar-refractivity contribution in [1.29, 1.82) is 0 Å². The van der Waals surface area contributed by atoms with Crippen LogP contribution in [0.2, 0.25) is 5.02 Å².